The lowest BCUT2D eigenvalue weighted by Gasteiger charge is -2.27. The van der Waals surface area contributed by atoms with Gasteiger partial charge in [0, 0.05) is 5.92 Å². The quantitative estimate of drug-likeness (QED) is 0.571. The van der Waals surface area contributed by atoms with Gasteiger partial charge in [-0.05, 0) is 18.8 Å². The van der Waals surface area contributed by atoms with Gasteiger partial charge >= 0.3 is 0 Å². The molecule has 0 radical (unpaired) electrons. The summed E-state index contributed by atoms with van der Waals surface area (Å²) in [6, 6.07) is 0. The zero-order chi connectivity index (χ0) is 9.07. The van der Waals surface area contributed by atoms with Crippen LogP contribution >= 0.6 is 0 Å². The molecular weight excluding hydrogens is 136 g/mol. The van der Waals surface area contributed by atoms with E-state index in [1.165, 1.54) is 0 Å². The fourth-order valence-electron chi connectivity index (χ4n) is 1.30. The van der Waals surface area contributed by atoms with Gasteiger partial charge in [0.1, 0.15) is 5.78 Å². The minimum Gasteiger partial charge on any atom is -0.300 e. The maximum atomic E-state index is 11.1. The Kier molecular flexibility index (Phi) is 3.50. The molecule has 11 heavy (non-hydrogen) atoms. The minimum absolute atomic E-state index is 0.0695. The third kappa shape index (κ3) is 3.35. The highest BCUT2D eigenvalue weighted by Crippen LogP contribution is 2.29. The lowest BCUT2D eigenvalue weighted by atomic mass is 9.77. The van der Waals surface area contributed by atoms with Gasteiger partial charge in [-0.1, -0.05) is 26.8 Å². The SMILES string of the molecule is C=CC[C@@H](C(C)=O)C(C)(C)C. The molecular formula is C10H18O. The summed E-state index contributed by atoms with van der Waals surface area (Å²) in [5.41, 5.74) is 0.0695. The van der Waals surface area contributed by atoms with Crippen LogP contribution in [0.4, 0.5) is 0 Å². The van der Waals surface area contributed by atoms with Crippen LogP contribution in [0, 0.1) is 11.3 Å². The van der Waals surface area contributed by atoms with E-state index in [0.29, 0.717) is 0 Å². The third-order valence-corrected chi connectivity index (χ3v) is 1.94. The van der Waals surface area contributed by atoms with Crippen molar-refractivity contribution in [3.05, 3.63) is 12.7 Å². The second kappa shape index (κ2) is 3.70. The van der Waals surface area contributed by atoms with Crippen LogP contribution in [0.2, 0.25) is 0 Å². The topological polar surface area (TPSA) is 17.1 Å². The van der Waals surface area contributed by atoms with Crippen LogP contribution in [0.25, 0.3) is 0 Å². The highest BCUT2D eigenvalue weighted by Gasteiger charge is 2.26. The Balaban J connectivity index is 4.34. The molecule has 0 rings (SSSR count). The van der Waals surface area contributed by atoms with Gasteiger partial charge in [-0.3, -0.25) is 4.79 Å². The Hall–Kier alpha value is -0.590. The molecule has 64 valence electrons. The van der Waals surface area contributed by atoms with Crippen molar-refractivity contribution in [1.29, 1.82) is 0 Å². The van der Waals surface area contributed by atoms with E-state index in [1.54, 1.807) is 6.92 Å². The number of hydrogen-bond donors (Lipinski definition) is 0. The third-order valence-electron chi connectivity index (χ3n) is 1.94. The molecule has 0 heterocycles. The smallest absolute Gasteiger partial charge is 0.133 e. The predicted molar refractivity (Wildman–Crippen MR) is 48.4 cm³/mol. The summed E-state index contributed by atoms with van der Waals surface area (Å²) in [4.78, 5) is 11.1. The number of allylic oxidation sites excluding steroid dienone is 1. The molecule has 0 bridgehead atoms. The van der Waals surface area contributed by atoms with Crippen molar-refractivity contribution in [1.82, 2.24) is 0 Å². The zero-order valence-electron chi connectivity index (χ0n) is 7.98. The number of carbonyl (C=O) groups is 1. The van der Waals surface area contributed by atoms with E-state index in [4.69, 9.17) is 0 Å². The molecule has 0 aliphatic rings. The minimum atomic E-state index is 0.0695. The number of Topliss-reactive ketones (excluding diaryl/α,β-unsaturated/α-hetero) is 1. The van der Waals surface area contributed by atoms with E-state index in [1.807, 2.05) is 6.08 Å². The van der Waals surface area contributed by atoms with Gasteiger partial charge in [-0.15, -0.1) is 6.58 Å². The van der Waals surface area contributed by atoms with Crippen LogP contribution in [-0.4, -0.2) is 5.78 Å². The molecule has 0 aliphatic carbocycles. The van der Waals surface area contributed by atoms with Crippen molar-refractivity contribution in [2.75, 3.05) is 0 Å². The molecule has 1 atom stereocenters. The van der Waals surface area contributed by atoms with Crippen LogP contribution in [-0.2, 0) is 4.79 Å². The van der Waals surface area contributed by atoms with Gasteiger partial charge in [0.25, 0.3) is 0 Å². The molecule has 0 fully saturated rings. The average molecular weight is 154 g/mol. The number of carbonyl (C=O) groups excluding carboxylic acids is 1. The first-order valence-corrected chi connectivity index (χ1v) is 4.01. The van der Waals surface area contributed by atoms with Crippen molar-refractivity contribution in [3.8, 4) is 0 Å². The van der Waals surface area contributed by atoms with Crippen molar-refractivity contribution in [2.45, 2.75) is 34.1 Å². The standard InChI is InChI=1S/C10H18O/c1-6-7-9(8(2)11)10(3,4)5/h6,9H,1,7H2,2-5H3/t9-/m0/s1. The summed E-state index contributed by atoms with van der Waals surface area (Å²) < 4.78 is 0. The zero-order valence-corrected chi connectivity index (χ0v) is 7.98. The second-order valence-corrected chi connectivity index (χ2v) is 4.05. The van der Waals surface area contributed by atoms with Crippen LogP contribution in [0.1, 0.15) is 34.1 Å². The van der Waals surface area contributed by atoms with Gasteiger partial charge in [0.2, 0.25) is 0 Å². The van der Waals surface area contributed by atoms with Gasteiger partial charge in [0.05, 0.1) is 0 Å². The normalized spacial score (nSPS) is 14.2. The molecule has 0 aromatic rings. The van der Waals surface area contributed by atoms with E-state index >= 15 is 0 Å². The van der Waals surface area contributed by atoms with E-state index in [0.717, 1.165) is 6.42 Å². The monoisotopic (exact) mass is 154 g/mol. The first-order valence-electron chi connectivity index (χ1n) is 4.01. The average Bonchev–Trinajstić information content (AvgIpc) is 1.79. The number of ketones is 1. The fourth-order valence-corrected chi connectivity index (χ4v) is 1.30. The molecule has 0 unspecified atom stereocenters. The van der Waals surface area contributed by atoms with Gasteiger partial charge in [0.15, 0.2) is 0 Å². The molecule has 0 saturated carbocycles. The molecule has 0 spiro atoms. The lowest BCUT2D eigenvalue weighted by molar-refractivity contribution is -0.123. The van der Waals surface area contributed by atoms with Crippen molar-refractivity contribution < 1.29 is 4.79 Å². The Morgan fingerprint density at radius 3 is 2.09 bits per heavy atom. The summed E-state index contributed by atoms with van der Waals surface area (Å²) in [5.74, 6) is 0.386. The highest BCUT2D eigenvalue weighted by molar-refractivity contribution is 5.79. The Morgan fingerprint density at radius 1 is 1.55 bits per heavy atom. The Bertz CT molecular complexity index is 151. The largest absolute Gasteiger partial charge is 0.300 e. The van der Waals surface area contributed by atoms with Gasteiger partial charge in [-0.2, -0.15) is 0 Å². The summed E-state index contributed by atoms with van der Waals surface area (Å²) >= 11 is 0. The maximum absolute atomic E-state index is 11.1. The Labute approximate surface area is 69.5 Å². The Morgan fingerprint density at radius 2 is 2.00 bits per heavy atom. The predicted octanol–water partition coefficient (Wildman–Crippen LogP) is 2.81. The highest BCUT2D eigenvalue weighted by atomic mass is 16.1. The molecule has 0 saturated heterocycles. The first kappa shape index (κ1) is 10.4. The molecule has 0 aromatic carbocycles. The van der Waals surface area contributed by atoms with E-state index in [-0.39, 0.29) is 17.1 Å². The molecule has 1 heteroatoms. The number of rotatable bonds is 3. The van der Waals surface area contributed by atoms with Crippen molar-refractivity contribution in [3.63, 3.8) is 0 Å². The van der Waals surface area contributed by atoms with Crippen LogP contribution in [0.5, 0.6) is 0 Å². The summed E-state index contributed by atoms with van der Waals surface area (Å²) in [7, 11) is 0. The molecule has 0 aromatic heterocycles. The first-order chi connectivity index (χ1) is 4.89. The van der Waals surface area contributed by atoms with E-state index in [9.17, 15) is 4.79 Å². The number of hydrogen-bond acceptors (Lipinski definition) is 1. The van der Waals surface area contributed by atoms with E-state index in [2.05, 4.69) is 27.4 Å². The van der Waals surface area contributed by atoms with Crippen LogP contribution < -0.4 is 0 Å². The molecule has 0 N–H and O–H groups in total. The lowest BCUT2D eigenvalue weighted by Crippen LogP contribution is -2.26. The van der Waals surface area contributed by atoms with Crippen molar-refractivity contribution in [2.24, 2.45) is 11.3 Å². The summed E-state index contributed by atoms with van der Waals surface area (Å²) in [5, 5.41) is 0. The van der Waals surface area contributed by atoms with E-state index < -0.39 is 0 Å². The fraction of sp³-hybridized carbons (Fsp3) is 0.700. The van der Waals surface area contributed by atoms with Gasteiger partial charge in [-0.25, -0.2) is 0 Å². The second-order valence-electron chi connectivity index (χ2n) is 4.05. The van der Waals surface area contributed by atoms with Crippen molar-refractivity contribution >= 4 is 5.78 Å². The summed E-state index contributed by atoms with van der Waals surface area (Å²) in [6.07, 6.45) is 2.61. The van der Waals surface area contributed by atoms with Gasteiger partial charge < -0.3 is 0 Å². The van der Waals surface area contributed by atoms with Crippen LogP contribution in [0.3, 0.4) is 0 Å². The van der Waals surface area contributed by atoms with Crippen LogP contribution in [0.15, 0.2) is 12.7 Å². The molecule has 0 aliphatic heterocycles. The molecule has 1 nitrogen and oxygen atoms in total. The molecule has 0 amide bonds. The maximum Gasteiger partial charge on any atom is 0.133 e. The summed E-state index contributed by atoms with van der Waals surface area (Å²) in [6.45, 7) is 11.6.